The number of hydrogen-bond acceptors (Lipinski definition) is 4. The molecule has 2 aliphatic rings. The zero-order chi connectivity index (χ0) is 22.3. The Balaban J connectivity index is 1.57. The van der Waals surface area contributed by atoms with Crippen molar-refractivity contribution in [1.82, 2.24) is 10.8 Å². The van der Waals surface area contributed by atoms with Gasteiger partial charge in [0.05, 0.1) is 6.10 Å². The number of hydrogen-bond donors (Lipinski definition) is 3. The summed E-state index contributed by atoms with van der Waals surface area (Å²) in [4.78, 5) is 24.2. The molecule has 2 amide bonds. The van der Waals surface area contributed by atoms with Crippen LogP contribution >= 0.6 is 0 Å². The number of amides is 2. The number of carbonyl (C=O) groups is 2. The van der Waals surface area contributed by atoms with Crippen LogP contribution in [0.2, 0.25) is 0 Å². The molecule has 2 aliphatic carbocycles. The largest absolute Gasteiger partial charge is 0.490 e. The van der Waals surface area contributed by atoms with Crippen LogP contribution in [0.1, 0.15) is 55.2 Å². The van der Waals surface area contributed by atoms with Gasteiger partial charge in [0.15, 0.2) is 0 Å². The van der Waals surface area contributed by atoms with E-state index in [2.05, 4.69) is 5.32 Å². The lowest BCUT2D eigenvalue weighted by Crippen LogP contribution is -2.26. The Morgan fingerprint density at radius 2 is 1.69 bits per heavy atom. The fourth-order valence-electron chi connectivity index (χ4n) is 3.79. The average molecular weight is 433 g/mol. The molecular formula is C26H28N2O4. The molecule has 4 rings (SSSR count). The Hall–Kier alpha value is -3.38. The van der Waals surface area contributed by atoms with Crippen LogP contribution in [0.3, 0.4) is 0 Å². The topological polar surface area (TPSA) is 87.7 Å². The molecular weight excluding hydrogens is 404 g/mol. The Morgan fingerprint density at radius 1 is 0.969 bits per heavy atom. The summed E-state index contributed by atoms with van der Waals surface area (Å²) in [5.74, 6) is 0.115. The van der Waals surface area contributed by atoms with Gasteiger partial charge >= 0.3 is 0 Å². The second kappa shape index (κ2) is 10.3. The van der Waals surface area contributed by atoms with Crippen molar-refractivity contribution in [3.05, 3.63) is 71.3 Å². The number of rotatable bonds is 8. The molecule has 0 atom stereocenters. The van der Waals surface area contributed by atoms with Crippen LogP contribution in [-0.4, -0.2) is 29.2 Å². The van der Waals surface area contributed by atoms with Crippen molar-refractivity contribution < 1.29 is 19.5 Å². The molecule has 0 aliphatic heterocycles. The quantitative estimate of drug-likeness (QED) is 0.251. The van der Waals surface area contributed by atoms with Gasteiger partial charge in [-0.3, -0.25) is 14.8 Å². The van der Waals surface area contributed by atoms with E-state index >= 15 is 0 Å². The maximum atomic E-state index is 13.0. The second-order valence-corrected chi connectivity index (χ2v) is 8.33. The van der Waals surface area contributed by atoms with E-state index in [1.807, 2.05) is 54.6 Å². The first-order valence-corrected chi connectivity index (χ1v) is 11.1. The first-order valence-electron chi connectivity index (χ1n) is 11.1. The van der Waals surface area contributed by atoms with Crippen molar-refractivity contribution in [1.29, 1.82) is 0 Å². The van der Waals surface area contributed by atoms with Gasteiger partial charge in [0.25, 0.3) is 11.8 Å². The van der Waals surface area contributed by atoms with E-state index in [-0.39, 0.29) is 18.1 Å². The third-order valence-corrected chi connectivity index (χ3v) is 5.69. The molecule has 2 fully saturated rings. The van der Waals surface area contributed by atoms with Crippen LogP contribution in [-0.2, 0) is 9.59 Å². The first-order chi connectivity index (χ1) is 15.6. The Morgan fingerprint density at radius 3 is 2.38 bits per heavy atom. The van der Waals surface area contributed by atoms with Crippen molar-refractivity contribution in [3.63, 3.8) is 0 Å². The van der Waals surface area contributed by atoms with Crippen molar-refractivity contribution in [2.75, 3.05) is 0 Å². The highest BCUT2D eigenvalue weighted by molar-refractivity contribution is 6.24. The molecule has 0 spiro atoms. The molecule has 0 heterocycles. The third kappa shape index (κ3) is 6.08. The Kier molecular flexibility index (Phi) is 7.02. The first kappa shape index (κ1) is 21.8. The van der Waals surface area contributed by atoms with Gasteiger partial charge in [0.1, 0.15) is 5.75 Å². The molecule has 0 bridgehead atoms. The molecule has 32 heavy (non-hydrogen) atoms. The maximum absolute atomic E-state index is 13.0. The summed E-state index contributed by atoms with van der Waals surface area (Å²) >= 11 is 0. The lowest BCUT2D eigenvalue weighted by molar-refractivity contribution is -0.124. The van der Waals surface area contributed by atoms with Crippen molar-refractivity contribution in [3.8, 4) is 5.75 Å². The summed E-state index contributed by atoms with van der Waals surface area (Å²) in [6, 6.07) is 15.5. The summed E-state index contributed by atoms with van der Waals surface area (Å²) in [7, 11) is 0. The van der Waals surface area contributed by atoms with Crippen molar-refractivity contribution in [2.45, 2.75) is 50.7 Å². The summed E-state index contributed by atoms with van der Waals surface area (Å²) in [5.41, 5.74) is 4.66. The van der Waals surface area contributed by atoms with E-state index in [4.69, 9.17) is 9.94 Å². The van der Waals surface area contributed by atoms with Crippen LogP contribution in [0.4, 0.5) is 0 Å². The minimum absolute atomic E-state index is 0.0888. The molecule has 166 valence electrons. The highest BCUT2D eigenvalue weighted by Gasteiger charge is 2.25. The number of hydroxylamine groups is 1. The molecule has 0 unspecified atom stereocenters. The third-order valence-electron chi connectivity index (χ3n) is 5.69. The fourth-order valence-corrected chi connectivity index (χ4v) is 3.79. The molecule has 0 radical (unpaired) electrons. The highest BCUT2D eigenvalue weighted by Crippen LogP contribution is 2.28. The van der Waals surface area contributed by atoms with E-state index < -0.39 is 5.91 Å². The zero-order valence-electron chi connectivity index (χ0n) is 17.9. The van der Waals surface area contributed by atoms with E-state index in [0.29, 0.717) is 5.57 Å². The van der Waals surface area contributed by atoms with Crippen LogP contribution in [0.15, 0.2) is 54.6 Å². The van der Waals surface area contributed by atoms with Gasteiger partial charge in [-0.2, -0.15) is 0 Å². The normalized spacial score (nSPS) is 16.8. The second-order valence-electron chi connectivity index (χ2n) is 8.33. The Bertz CT molecular complexity index is 1020. The summed E-state index contributed by atoms with van der Waals surface area (Å²) in [5, 5.41) is 11.7. The number of carbonyl (C=O) groups excluding carboxylic acids is 2. The SMILES string of the molecule is O=C(C=Cc1ccc(C=C(C(=O)NC2CC2)c2cccc(OC3CCCC3)c2)cc1)NO. The lowest BCUT2D eigenvalue weighted by Gasteiger charge is -2.15. The molecule has 6 nitrogen and oxygen atoms in total. The number of nitrogens with one attached hydrogen (secondary N) is 2. The van der Waals surface area contributed by atoms with Crippen molar-refractivity contribution in [2.24, 2.45) is 0 Å². The van der Waals surface area contributed by atoms with Crippen LogP contribution in [0, 0.1) is 0 Å². The minimum atomic E-state index is -0.590. The average Bonchev–Trinajstić information content (AvgIpc) is 3.48. The molecule has 2 saturated carbocycles. The molecule has 6 heteroatoms. The molecule has 2 aromatic carbocycles. The van der Waals surface area contributed by atoms with Gasteiger partial charge < -0.3 is 10.1 Å². The molecule has 2 aromatic rings. The summed E-state index contributed by atoms with van der Waals surface area (Å²) in [6.07, 6.45) is 11.6. The zero-order valence-corrected chi connectivity index (χ0v) is 17.9. The van der Waals surface area contributed by atoms with E-state index in [9.17, 15) is 9.59 Å². The van der Waals surface area contributed by atoms with Gasteiger partial charge in [-0.15, -0.1) is 0 Å². The molecule has 3 N–H and O–H groups in total. The van der Waals surface area contributed by atoms with Crippen molar-refractivity contribution >= 4 is 29.5 Å². The minimum Gasteiger partial charge on any atom is -0.490 e. The standard InChI is InChI=1S/C26H28N2O4/c29-25(28-31)15-12-18-8-10-19(11-9-18)16-24(26(30)27-21-13-14-21)20-4-3-7-23(17-20)32-22-5-1-2-6-22/h3-4,7-12,15-17,21-22,31H,1-2,5-6,13-14H2,(H,27,30)(H,28,29). The van der Waals surface area contributed by atoms with Crippen LogP contribution < -0.4 is 15.5 Å². The fraction of sp³-hybridized carbons (Fsp3) is 0.308. The van der Waals surface area contributed by atoms with E-state index in [0.717, 1.165) is 48.1 Å². The van der Waals surface area contributed by atoms with Gasteiger partial charge in [0, 0.05) is 17.7 Å². The summed E-state index contributed by atoms with van der Waals surface area (Å²) < 4.78 is 6.14. The number of ether oxygens (including phenoxy) is 1. The van der Waals surface area contributed by atoms with E-state index in [1.54, 1.807) is 11.6 Å². The molecule has 0 saturated heterocycles. The van der Waals surface area contributed by atoms with Gasteiger partial charge in [-0.05, 0) is 79.5 Å². The smallest absolute Gasteiger partial charge is 0.267 e. The number of benzene rings is 2. The van der Waals surface area contributed by atoms with Gasteiger partial charge in [-0.25, -0.2) is 5.48 Å². The van der Waals surface area contributed by atoms with Crippen LogP contribution in [0.25, 0.3) is 17.7 Å². The predicted octanol–water partition coefficient (Wildman–Crippen LogP) is 4.35. The van der Waals surface area contributed by atoms with Gasteiger partial charge in [0.2, 0.25) is 0 Å². The molecule has 0 aromatic heterocycles. The highest BCUT2D eigenvalue weighted by atomic mass is 16.5. The van der Waals surface area contributed by atoms with Crippen LogP contribution in [0.5, 0.6) is 5.75 Å². The lowest BCUT2D eigenvalue weighted by atomic mass is 10.0. The summed E-state index contributed by atoms with van der Waals surface area (Å²) in [6.45, 7) is 0. The monoisotopic (exact) mass is 432 g/mol. The van der Waals surface area contributed by atoms with E-state index in [1.165, 1.54) is 18.9 Å². The maximum Gasteiger partial charge on any atom is 0.267 e. The van der Waals surface area contributed by atoms with Gasteiger partial charge in [-0.1, -0.05) is 36.4 Å². The predicted molar refractivity (Wildman–Crippen MR) is 124 cm³/mol. The Labute approximate surface area is 187 Å².